The fourth-order valence-electron chi connectivity index (χ4n) is 7.16. The van der Waals surface area contributed by atoms with Crippen LogP contribution in [0.1, 0.15) is 104 Å². The maximum atomic E-state index is 9.92. The fraction of sp³-hybridized carbons (Fsp3) is 0.385. The Morgan fingerprint density at radius 3 is 1.42 bits per heavy atom. The molecule has 0 radical (unpaired) electrons. The van der Waals surface area contributed by atoms with Crippen molar-refractivity contribution in [3.8, 4) is 45.3 Å². The zero-order valence-corrected chi connectivity index (χ0v) is 39.2. The third-order valence-corrected chi connectivity index (χ3v) is 10.7. The van der Waals surface area contributed by atoms with Gasteiger partial charge < -0.3 is 28.9 Å². The van der Waals surface area contributed by atoms with Crippen LogP contribution in [0, 0.1) is 23.7 Å². The number of fused-ring (bicyclic) bond motifs is 8. The van der Waals surface area contributed by atoms with Gasteiger partial charge in [0.1, 0.15) is 23.0 Å². The molecule has 5 aromatic rings. The van der Waals surface area contributed by atoms with Gasteiger partial charge in [-0.25, -0.2) is 9.97 Å². The average Bonchev–Trinajstić information content (AvgIpc) is 4.07. The van der Waals surface area contributed by atoms with Gasteiger partial charge in [-0.15, -0.1) is 22.1 Å². The van der Waals surface area contributed by atoms with Crippen LogP contribution in [0.5, 0.6) is 23.0 Å². The molecule has 0 unspecified atom stereocenters. The molecule has 11 nitrogen and oxygen atoms in total. The molecule has 0 aliphatic carbocycles. The Balaban J connectivity index is 0.00000680. The van der Waals surface area contributed by atoms with Crippen molar-refractivity contribution in [2.45, 2.75) is 81.1 Å². The van der Waals surface area contributed by atoms with Gasteiger partial charge in [0.2, 0.25) is 0 Å². The van der Waals surface area contributed by atoms with Gasteiger partial charge in [-0.05, 0) is 126 Å². The van der Waals surface area contributed by atoms with Crippen molar-refractivity contribution in [3.05, 3.63) is 99.9 Å². The van der Waals surface area contributed by atoms with E-state index in [1.54, 1.807) is 0 Å². The molecule has 8 bridgehead atoms. The van der Waals surface area contributed by atoms with Gasteiger partial charge in [-0.3, -0.25) is 0 Å². The van der Waals surface area contributed by atoms with Crippen molar-refractivity contribution in [3.63, 3.8) is 0 Å². The van der Waals surface area contributed by atoms with Crippen molar-refractivity contribution < 1.29 is 35.4 Å². The predicted octanol–water partition coefficient (Wildman–Crippen LogP) is 13.9. The standard InChI is InChI=1S/C52H59N7O4.Ni/c1-32(2)17-21-60-40-25-36(26-41(30-40)61-22-18-33(3)4)50-44-11-9-38(54-44)29-39-10-12-45(55-39)51(47-14-16-49(57-47)52(58-59-53)48-15-13-46(50)56-48)37-27-42(62-23-19-34(5)6)31-43(28-37)63-24-20-35(7)8;/h9-16,25-35H,17-24H2,1-8H3;/q-2;+2. The molecule has 0 atom stereocenters. The van der Waals surface area contributed by atoms with E-state index in [1.807, 2.05) is 91.0 Å². The first-order chi connectivity index (χ1) is 30.4. The van der Waals surface area contributed by atoms with Crippen molar-refractivity contribution >= 4 is 52.1 Å². The Kier molecular flexibility index (Phi) is 16.4. The van der Waals surface area contributed by atoms with Crippen LogP contribution in [0.2, 0.25) is 0 Å². The third kappa shape index (κ3) is 12.4. The van der Waals surface area contributed by atoms with E-state index in [1.165, 1.54) is 0 Å². The quantitative estimate of drug-likeness (QED) is 0.0338. The largest absolute Gasteiger partial charge is 2.00 e. The molecule has 0 N–H and O–H groups in total. The Hall–Kier alpha value is -5.96. The van der Waals surface area contributed by atoms with E-state index in [9.17, 15) is 5.53 Å². The molecule has 5 heterocycles. The molecule has 0 amide bonds. The molecule has 0 saturated heterocycles. The summed E-state index contributed by atoms with van der Waals surface area (Å²) in [5.74, 6) is 4.80. The van der Waals surface area contributed by atoms with Gasteiger partial charge in [0.05, 0.1) is 49.2 Å². The van der Waals surface area contributed by atoms with E-state index in [-0.39, 0.29) is 16.5 Å². The van der Waals surface area contributed by atoms with Gasteiger partial charge in [-0.2, -0.15) is 0 Å². The van der Waals surface area contributed by atoms with E-state index in [0.717, 1.165) is 59.1 Å². The summed E-state index contributed by atoms with van der Waals surface area (Å²) in [7, 11) is 0. The summed E-state index contributed by atoms with van der Waals surface area (Å²) in [4.78, 5) is 23.8. The van der Waals surface area contributed by atoms with Crippen LogP contribution in [-0.2, 0) is 16.5 Å². The second-order valence-corrected chi connectivity index (χ2v) is 17.9. The Morgan fingerprint density at radius 2 is 0.938 bits per heavy atom. The summed E-state index contributed by atoms with van der Waals surface area (Å²) in [6.07, 6.45) is 11.4. The van der Waals surface area contributed by atoms with Crippen LogP contribution in [0.3, 0.4) is 0 Å². The Bertz CT molecular complexity index is 2550. The second-order valence-electron chi connectivity index (χ2n) is 17.9. The number of hydrogen-bond donors (Lipinski definition) is 0. The van der Waals surface area contributed by atoms with Crippen molar-refractivity contribution in [2.24, 2.45) is 28.8 Å². The number of azide groups is 1. The van der Waals surface area contributed by atoms with Gasteiger partial charge in [0, 0.05) is 22.7 Å². The van der Waals surface area contributed by atoms with Crippen LogP contribution in [0.25, 0.3) is 79.1 Å². The number of rotatable bonds is 19. The van der Waals surface area contributed by atoms with Crippen molar-refractivity contribution in [1.82, 2.24) is 19.9 Å². The predicted molar refractivity (Wildman–Crippen MR) is 256 cm³/mol. The van der Waals surface area contributed by atoms with Gasteiger partial charge in [-0.1, -0.05) is 90.8 Å². The van der Waals surface area contributed by atoms with Crippen LogP contribution >= 0.6 is 0 Å². The second kappa shape index (κ2) is 22.1. The molecule has 0 spiro atoms. The van der Waals surface area contributed by atoms with Crippen LogP contribution in [-0.4, -0.2) is 36.4 Å². The van der Waals surface area contributed by atoms with E-state index >= 15 is 0 Å². The molecule has 64 heavy (non-hydrogen) atoms. The number of benzene rings is 2. The first-order valence-corrected chi connectivity index (χ1v) is 22.3. The number of aromatic nitrogens is 4. The Morgan fingerprint density at radius 1 is 0.516 bits per heavy atom. The zero-order valence-electron chi connectivity index (χ0n) is 38.2. The number of hydrogen-bond acceptors (Lipinski definition) is 7. The fourth-order valence-corrected chi connectivity index (χ4v) is 7.16. The minimum absolute atomic E-state index is 0. The molecule has 0 fully saturated rings. The molecule has 3 aromatic heterocycles. The van der Waals surface area contributed by atoms with E-state index < -0.39 is 0 Å². The maximum Gasteiger partial charge on any atom is 2.00 e. The SMILES string of the molecule is CC(C)CCOc1cc(OCCC(C)C)cc(-c2c3nc(c(N=[N+]=[N-])c4ccc([n-]4)c(-c4cc(OCCC(C)C)cc(OCCC(C)C)c4)c4nc(cc5ccc2[n-]5)C=C4)C=C3)c1.[Ni+2]. The van der Waals surface area contributed by atoms with Gasteiger partial charge >= 0.3 is 16.5 Å². The molecule has 7 rings (SSSR count). The summed E-state index contributed by atoms with van der Waals surface area (Å²) in [6.45, 7) is 19.8. The molecule has 336 valence electrons. The molecule has 2 aliphatic rings. The molecule has 2 aliphatic heterocycles. The van der Waals surface area contributed by atoms with E-state index in [0.29, 0.717) is 112 Å². The summed E-state index contributed by atoms with van der Waals surface area (Å²) in [6, 6.07) is 21.7. The van der Waals surface area contributed by atoms with Crippen molar-refractivity contribution in [2.75, 3.05) is 26.4 Å². The number of nitrogens with zero attached hydrogens (tertiary/aromatic N) is 7. The molecule has 2 aromatic carbocycles. The normalized spacial score (nSPS) is 11.9. The summed E-state index contributed by atoms with van der Waals surface area (Å²) in [5, 5.41) is 4.19. The maximum absolute atomic E-state index is 9.92. The topological polar surface area (TPSA) is 140 Å². The van der Waals surface area contributed by atoms with Crippen molar-refractivity contribution in [1.29, 1.82) is 0 Å². The summed E-state index contributed by atoms with van der Waals surface area (Å²) >= 11 is 0. The minimum Gasteiger partial charge on any atom is -0.657 e. The van der Waals surface area contributed by atoms with Crippen LogP contribution in [0.4, 0.5) is 5.69 Å². The smallest absolute Gasteiger partial charge is 0.657 e. The minimum atomic E-state index is 0. The zero-order chi connectivity index (χ0) is 44.5. The average molecular weight is 905 g/mol. The molecular weight excluding hydrogens is 845 g/mol. The summed E-state index contributed by atoms with van der Waals surface area (Å²) < 4.78 is 25.3. The van der Waals surface area contributed by atoms with Crippen LogP contribution < -0.4 is 28.9 Å². The van der Waals surface area contributed by atoms with Gasteiger partial charge in [0.15, 0.2) is 0 Å². The Labute approximate surface area is 387 Å². The van der Waals surface area contributed by atoms with E-state index in [4.69, 9.17) is 38.9 Å². The molecule has 12 heteroatoms. The first kappa shape index (κ1) is 47.5. The third-order valence-electron chi connectivity index (χ3n) is 10.7. The molecule has 0 saturated carbocycles. The summed E-state index contributed by atoms with van der Waals surface area (Å²) in [5.41, 5.74) is 18.6. The van der Waals surface area contributed by atoms with Gasteiger partial charge in [0.25, 0.3) is 0 Å². The molecular formula is C52H59N7NiO4. The van der Waals surface area contributed by atoms with E-state index in [2.05, 4.69) is 65.4 Å². The first-order valence-electron chi connectivity index (χ1n) is 22.3. The number of ether oxygens (including phenoxy) is 4. The van der Waals surface area contributed by atoms with Crippen LogP contribution in [0.15, 0.2) is 71.8 Å². The monoisotopic (exact) mass is 903 g/mol.